The fourth-order valence-electron chi connectivity index (χ4n) is 1.30. The molecule has 2 aromatic heterocycles. The number of nitrogens with zero attached hydrogens (tertiary/aromatic N) is 3. The Kier molecular flexibility index (Phi) is 2.77. The minimum absolute atomic E-state index is 0.189. The first-order valence-electron chi connectivity index (χ1n) is 4.90. The Balaban J connectivity index is 2.17. The Morgan fingerprint density at radius 3 is 3.13 bits per heavy atom. The molecule has 6 nitrogen and oxygen atoms in total. The van der Waals surface area contributed by atoms with Crippen LogP contribution in [0.3, 0.4) is 0 Å². The summed E-state index contributed by atoms with van der Waals surface area (Å²) in [5.41, 5.74) is 5.85. The standard InChI is InChI=1S/C9H13N5O/c1-2-3-6(10)9-13-8(14-15-9)7-11-4-5-12-7/h4-6H,2-3,10H2,1H3,(H,11,12)/t6-/m1/s1. The van der Waals surface area contributed by atoms with Gasteiger partial charge in [-0.1, -0.05) is 18.5 Å². The zero-order chi connectivity index (χ0) is 10.7. The molecule has 2 rings (SSSR count). The molecule has 0 radical (unpaired) electrons. The lowest BCUT2D eigenvalue weighted by molar-refractivity contribution is 0.348. The van der Waals surface area contributed by atoms with E-state index in [9.17, 15) is 0 Å². The van der Waals surface area contributed by atoms with Gasteiger partial charge in [0.15, 0.2) is 5.82 Å². The van der Waals surface area contributed by atoms with Gasteiger partial charge in [-0.2, -0.15) is 4.98 Å². The van der Waals surface area contributed by atoms with Crippen LogP contribution in [0.1, 0.15) is 31.7 Å². The van der Waals surface area contributed by atoms with E-state index in [-0.39, 0.29) is 6.04 Å². The van der Waals surface area contributed by atoms with Gasteiger partial charge in [-0.3, -0.25) is 0 Å². The average molecular weight is 207 g/mol. The van der Waals surface area contributed by atoms with Crippen LogP contribution in [0.4, 0.5) is 0 Å². The molecule has 0 aliphatic rings. The molecule has 0 fully saturated rings. The van der Waals surface area contributed by atoms with Crippen molar-refractivity contribution in [3.63, 3.8) is 0 Å². The molecule has 0 aliphatic carbocycles. The monoisotopic (exact) mass is 207 g/mol. The van der Waals surface area contributed by atoms with Crippen molar-refractivity contribution in [2.45, 2.75) is 25.8 Å². The number of imidazole rings is 1. The molecule has 2 aromatic rings. The van der Waals surface area contributed by atoms with Crippen molar-refractivity contribution in [1.29, 1.82) is 0 Å². The Morgan fingerprint density at radius 1 is 1.60 bits per heavy atom. The van der Waals surface area contributed by atoms with Crippen molar-refractivity contribution in [3.8, 4) is 11.6 Å². The largest absolute Gasteiger partial charge is 0.342 e. The van der Waals surface area contributed by atoms with E-state index in [2.05, 4.69) is 27.0 Å². The molecule has 1 atom stereocenters. The van der Waals surface area contributed by atoms with Crippen LogP contribution in [0.25, 0.3) is 11.6 Å². The van der Waals surface area contributed by atoms with E-state index in [0.29, 0.717) is 17.5 Å². The summed E-state index contributed by atoms with van der Waals surface area (Å²) in [7, 11) is 0. The molecule has 6 heteroatoms. The lowest BCUT2D eigenvalue weighted by Gasteiger charge is -2.01. The summed E-state index contributed by atoms with van der Waals surface area (Å²) in [5.74, 6) is 1.50. The summed E-state index contributed by atoms with van der Waals surface area (Å²) >= 11 is 0. The quantitative estimate of drug-likeness (QED) is 0.787. The van der Waals surface area contributed by atoms with Crippen molar-refractivity contribution < 1.29 is 4.52 Å². The molecule has 0 saturated carbocycles. The summed E-state index contributed by atoms with van der Waals surface area (Å²) < 4.78 is 5.06. The minimum atomic E-state index is -0.189. The van der Waals surface area contributed by atoms with Crippen molar-refractivity contribution in [2.24, 2.45) is 5.73 Å². The second-order valence-electron chi connectivity index (χ2n) is 3.29. The first-order valence-corrected chi connectivity index (χ1v) is 4.90. The van der Waals surface area contributed by atoms with E-state index in [4.69, 9.17) is 10.3 Å². The second-order valence-corrected chi connectivity index (χ2v) is 3.29. The van der Waals surface area contributed by atoms with Crippen molar-refractivity contribution in [3.05, 3.63) is 18.3 Å². The van der Waals surface area contributed by atoms with Crippen LogP contribution < -0.4 is 5.73 Å². The van der Waals surface area contributed by atoms with Crippen LogP contribution in [-0.4, -0.2) is 20.1 Å². The summed E-state index contributed by atoms with van der Waals surface area (Å²) in [6.45, 7) is 2.06. The molecule has 0 unspecified atom stereocenters. The van der Waals surface area contributed by atoms with Crippen LogP contribution in [0.5, 0.6) is 0 Å². The summed E-state index contributed by atoms with van der Waals surface area (Å²) in [6.07, 6.45) is 5.16. The summed E-state index contributed by atoms with van der Waals surface area (Å²) in [5, 5.41) is 3.80. The molecule has 0 bridgehead atoms. The fourth-order valence-corrected chi connectivity index (χ4v) is 1.30. The predicted molar refractivity (Wildman–Crippen MR) is 53.7 cm³/mol. The number of nitrogens with two attached hydrogens (primary N) is 1. The third kappa shape index (κ3) is 2.04. The number of nitrogens with one attached hydrogen (secondary N) is 1. The second kappa shape index (κ2) is 4.22. The van der Waals surface area contributed by atoms with E-state index in [1.165, 1.54) is 0 Å². The van der Waals surface area contributed by atoms with Gasteiger partial charge in [0.25, 0.3) is 0 Å². The number of aromatic nitrogens is 4. The predicted octanol–water partition coefficient (Wildman–Crippen LogP) is 1.26. The first kappa shape index (κ1) is 9.85. The Hall–Kier alpha value is -1.69. The van der Waals surface area contributed by atoms with Crippen LogP contribution in [-0.2, 0) is 0 Å². The number of hydrogen-bond acceptors (Lipinski definition) is 5. The molecule has 0 saturated heterocycles. The number of aromatic amines is 1. The highest BCUT2D eigenvalue weighted by atomic mass is 16.5. The van der Waals surface area contributed by atoms with Gasteiger partial charge in [0, 0.05) is 12.4 Å². The molecule has 15 heavy (non-hydrogen) atoms. The summed E-state index contributed by atoms with van der Waals surface area (Å²) in [4.78, 5) is 11.1. The molecule has 0 spiro atoms. The van der Waals surface area contributed by atoms with Gasteiger partial charge in [0.2, 0.25) is 11.7 Å². The lowest BCUT2D eigenvalue weighted by atomic mass is 10.2. The van der Waals surface area contributed by atoms with E-state index < -0.39 is 0 Å². The van der Waals surface area contributed by atoms with Gasteiger partial charge in [0.05, 0.1) is 6.04 Å². The van der Waals surface area contributed by atoms with Gasteiger partial charge in [0.1, 0.15) is 0 Å². The third-order valence-corrected chi connectivity index (χ3v) is 2.07. The zero-order valence-electron chi connectivity index (χ0n) is 8.47. The molecule has 80 valence electrons. The Bertz CT molecular complexity index is 408. The molecule has 0 amide bonds. The van der Waals surface area contributed by atoms with Gasteiger partial charge in [-0.25, -0.2) is 4.98 Å². The number of H-pyrrole nitrogens is 1. The smallest absolute Gasteiger partial charge is 0.243 e. The summed E-state index contributed by atoms with van der Waals surface area (Å²) in [6, 6.07) is -0.189. The highest BCUT2D eigenvalue weighted by Gasteiger charge is 2.15. The molecular weight excluding hydrogens is 194 g/mol. The highest BCUT2D eigenvalue weighted by molar-refractivity contribution is 5.40. The third-order valence-electron chi connectivity index (χ3n) is 2.07. The number of rotatable bonds is 4. The van der Waals surface area contributed by atoms with E-state index >= 15 is 0 Å². The van der Waals surface area contributed by atoms with Gasteiger partial charge >= 0.3 is 0 Å². The fraction of sp³-hybridized carbons (Fsp3) is 0.444. The maximum Gasteiger partial charge on any atom is 0.243 e. The van der Waals surface area contributed by atoms with Crippen LogP contribution >= 0.6 is 0 Å². The van der Waals surface area contributed by atoms with Gasteiger partial charge in [-0.05, 0) is 6.42 Å². The minimum Gasteiger partial charge on any atom is -0.342 e. The first-order chi connectivity index (χ1) is 7.31. The molecule has 0 aromatic carbocycles. The Labute approximate surface area is 86.9 Å². The zero-order valence-corrected chi connectivity index (χ0v) is 8.47. The van der Waals surface area contributed by atoms with Crippen molar-refractivity contribution in [2.75, 3.05) is 0 Å². The van der Waals surface area contributed by atoms with Gasteiger partial charge in [-0.15, -0.1) is 0 Å². The molecule has 0 aliphatic heterocycles. The Morgan fingerprint density at radius 2 is 2.47 bits per heavy atom. The number of hydrogen-bond donors (Lipinski definition) is 2. The molecule has 3 N–H and O–H groups in total. The van der Waals surface area contributed by atoms with Crippen molar-refractivity contribution >= 4 is 0 Å². The van der Waals surface area contributed by atoms with E-state index in [0.717, 1.165) is 12.8 Å². The molecular formula is C9H13N5O. The maximum atomic E-state index is 5.85. The van der Waals surface area contributed by atoms with Crippen molar-refractivity contribution in [1.82, 2.24) is 20.1 Å². The van der Waals surface area contributed by atoms with Crippen LogP contribution in [0.2, 0.25) is 0 Å². The average Bonchev–Trinajstić information content (AvgIpc) is 2.89. The van der Waals surface area contributed by atoms with Gasteiger partial charge < -0.3 is 15.2 Å². The maximum absolute atomic E-state index is 5.85. The highest BCUT2D eigenvalue weighted by Crippen LogP contribution is 2.16. The van der Waals surface area contributed by atoms with E-state index in [1.54, 1.807) is 12.4 Å². The van der Waals surface area contributed by atoms with Crippen LogP contribution in [0, 0.1) is 0 Å². The normalized spacial score (nSPS) is 12.9. The van der Waals surface area contributed by atoms with E-state index in [1.807, 2.05) is 0 Å². The van der Waals surface area contributed by atoms with Crippen LogP contribution in [0.15, 0.2) is 16.9 Å². The SMILES string of the molecule is CCC[C@@H](N)c1nc(-c2ncc[nH]2)no1. The topological polar surface area (TPSA) is 93.6 Å². The lowest BCUT2D eigenvalue weighted by Crippen LogP contribution is -2.09. The molecule has 2 heterocycles.